The van der Waals surface area contributed by atoms with Crippen LogP contribution in [0.15, 0.2) is 36.1 Å². The molecule has 0 N–H and O–H groups in total. The Morgan fingerprint density at radius 2 is 1.48 bits per heavy atom. The molecule has 0 fully saturated rings. The Morgan fingerprint density at radius 1 is 1.00 bits per heavy atom. The molecule has 0 aromatic heterocycles. The maximum absolute atomic E-state index is 11.8. The van der Waals surface area contributed by atoms with Crippen molar-refractivity contribution in [3.8, 4) is 17.9 Å². The predicted molar refractivity (Wildman–Crippen MR) is 104 cm³/mol. The molecular formula is C21H20N2O6. The van der Waals surface area contributed by atoms with Gasteiger partial charge in [0, 0.05) is 11.1 Å². The summed E-state index contributed by atoms with van der Waals surface area (Å²) in [6.07, 6.45) is 3.88. The molecule has 1 aromatic rings. The fourth-order valence-corrected chi connectivity index (χ4v) is 2.29. The van der Waals surface area contributed by atoms with E-state index in [1.807, 2.05) is 0 Å². The van der Waals surface area contributed by atoms with Crippen LogP contribution in [0.3, 0.4) is 0 Å². The van der Waals surface area contributed by atoms with Gasteiger partial charge in [0.1, 0.15) is 42.2 Å². The van der Waals surface area contributed by atoms with Crippen LogP contribution in [0, 0.1) is 29.6 Å². The van der Waals surface area contributed by atoms with Gasteiger partial charge in [-0.1, -0.05) is 6.58 Å². The molecule has 0 saturated carbocycles. The van der Waals surface area contributed by atoms with Gasteiger partial charge in [0.2, 0.25) is 0 Å². The third-order valence-electron chi connectivity index (χ3n) is 3.51. The lowest BCUT2D eigenvalue weighted by atomic mass is 10.0. The number of hydrogen-bond acceptors (Lipinski definition) is 8. The first-order valence-electron chi connectivity index (χ1n) is 8.32. The number of nitriles is 2. The van der Waals surface area contributed by atoms with Crippen LogP contribution in [0.5, 0.6) is 5.75 Å². The number of ether oxygens (including phenoxy) is 4. The van der Waals surface area contributed by atoms with Gasteiger partial charge in [-0.2, -0.15) is 10.5 Å². The van der Waals surface area contributed by atoms with E-state index in [-0.39, 0.29) is 30.1 Å². The van der Waals surface area contributed by atoms with Gasteiger partial charge >= 0.3 is 11.9 Å². The minimum atomic E-state index is -0.806. The second kappa shape index (κ2) is 11.6. The van der Waals surface area contributed by atoms with Gasteiger partial charge in [-0.05, 0) is 36.8 Å². The second-order valence-corrected chi connectivity index (χ2v) is 5.48. The van der Waals surface area contributed by atoms with Crippen LogP contribution in [-0.2, 0) is 23.8 Å². The first kappa shape index (κ1) is 23.0. The molecule has 0 spiro atoms. The zero-order valence-corrected chi connectivity index (χ0v) is 16.4. The zero-order chi connectivity index (χ0) is 21.8. The number of rotatable bonds is 9. The van der Waals surface area contributed by atoms with E-state index >= 15 is 0 Å². The Morgan fingerprint density at radius 3 is 1.86 bits per heavy atom. The number of benzene rings is 1. The van der Waals surface area contributed by atoms with Gasteiger partial charge in [-0.25, -0.2) is 9.59 Å². The largest absolute Gasteiger partial charge is 0.498 e. The minimum absolute atomic E-state index is 0.108. The summed E-state index contributed by atoms with van der Waals surface area (Å²) in [7, 11) is 2.33. The highest BCUT2D eigenvalue weighted by molar-refractivity contribution is 6.00. The quantitative estimate of drug-likeness (QED) is 0.205. The number of carbonyl (C=O) groups excluding carboxylic acids is 2. The van der Waals surface area contributed by atoms with Gasteiger partial charge in [-0.15, -0.1) is 0 Å². The highest BCUT2D eigenvalue weighted by atomic mass is 16.5. The zero-order valence-electron chi connectivity index (χ0n) is 16.4. The van der Waals surface area contributed by atoms with E-state index in [0.29, 0.717) is 11.1 Å². The first-order chi connectivity index (χ1) is 13.9. The summed E-state index contributed by atoms with van der Waals surface area (Å²) in [5, 5.41) is 18.5. The number of esters is 2. The fourth-order valence-electron chi connectivity index (χ4n) is 2.29. The highest BCUT2D eigenvalue weighted by Crippen LogP contribution is 2.30. The van der Waals surface area contributed by atoms with E-state index in [2.05, 4.69) is 16.1 Å². The van der Waals surface area contributed by atoms with E-state index in [1.165, 1.54) is 18.4 Å². The van der Waals surface area contributed by atoms with E-state index in [1.54, 1.807) is 31.2 Å². The van der Waals surface area contributed by atoms with Gasteiger partial charge in [-0.3, -0.25) is 0 Å². The Labute approximate surface area is 168 Å². The number of methoxy groups -OCH3 is 2. The third kappa shape index (κ3) is 6.56. The molecule has 0 aliphatic carbocycles. The normalized spacial score (nSPS) is 10.9. The standard InChI is InChI=1S/C21H20N2O6/c1-5-28-6-7-29-19-15(10-17(12-22)20(24)26-3)8-14(2)9-16(19)11-18(13-23)21(25)27-4/h5,8-11H,1,6-7H2,2-4H3/b17-10+,18-11+. The Bertz CT molecular complexity index is 866. The summed E-state index contributed by atoms with van der Waals surface area (Å²) in [4.78, 5) is 23.6. The Hall–Kier alpha value is -4.04. The average Bonchev–Trinajstić information content (AvgIpc) is 2.73. The molecule has 0 amide bonds. The molecule has 0 radical (unpaired) electrons. The smallest absolute Gasteiger partial charge is 0.348 e. The van der Waals surface area contributed by atoms with Crippen LogP contribution in [0.1, 0.15) is 16.7 Å². The molecule has 0 aliphatic heterocycles. The lowest BCUT2D eigenvalue weighted by Gasteiger charge is -2.14. The number of carbonyl (C=O) groups is 2. The van der Waals surface area contributed by atoms with Crippen LogP contribution >= 0.6 is 0 Å². The van der Waals surface area contributed by atoms with Crippen LogP contribution in [0.4, 0.5) is 0 Å². The fraction of sp³-hybridized carbons (Fsp3) is 0.238. The second-order valence-electron chi connectivity index (χ2n) is 5.48. The van der Waals surface area contributed by atoms with E-state index < -0.39 is 11.9 Å². The summed E-state index contributed by atoms with van der Waals surface area (Å²) in [5.41, 5.74) is 1.03. The lowest BCUT2D eigenvalue weighted by Crippen LogP contribution is -2.08. The van der Waals surface area contributed by atoms with E-state index in [0.717, 1.165) is 19.8 Å². The lowest BCUT2D eigenvalue weighted by molar-refractivity contribution is -0.136. The summed E-state index contributed by atoms with van der Waals surface area (Å²) in [6, 6.07) is 6.92. The van der Waals surface area contributed by atoms with Crippen LogP contribution in [0.2, 0.25) is 0 Å². The van der Waals surface area contributed by atoms with Gasteiger partial charge in [0.15, 0.2) is 0 Å². The predicted octanol–water partition coefficient (Wildman–Crippen LogP) is 2.69. The molecule has 8 heteroatoms. The van der Waals surface area contributed by atoms with Crippen molar-refractivity contribution >= 4 is 24.1 Å². The van der Waals surface area contributed by atoms with Crippen molar-refractivity contribution in [1.82, 2.24) is 0 Å². The molecule has 0 heterocycles. The SMILES string of the molecule is C=COCCOc1c(/C=C(\C#N)C(=O)OC)cc(C)cc1/C=C(\C#N)C(=O)OC. The molecule has 29 heavy (non-hydrogen) atoms. The summed E-state index contributed by atoms with van der Waals surface area (Å²) < 4.78 is 20.0. The molecule has 150 valence electrons. The van der Waals surface area contributed by atoms with Crippen LogP contribution < -0.4 is 4.74 Å². The van der Waals surface area contributed by atoms with Gasteiger partial charge in [0.05, 0.1) is 20.5 Å². The Balaban J connectivity index is 3.62. The number of hydrogen-bond donors (Lipinski definition) is 0. The topological polar surface area (TPSA) is 119 Å². The maximum Gasteiger partial charge on any atom is 0.348 e. The maximum atomic E-state index is 11.8. The molecule has 8 nitrogen and oxygen atoms in total. The van der Waals surface area contributed by atoms with Crippen molar-refractivity contribution in [2.24, 2.45) is 0 Å². The van der Waals surface area contributed by atoms with Crippen molar-refractivity contribution in [2.75, 3.05) is 27.4 Å². The number of aryl methyl sites for hydroxylation is 1. The molecular weight excluding hydrogens is 376 g/mol. The molecule has 0 bridgehead atoms. The van der Waals surface area contributed by atoms with E-state index in [9.17, 15) is 20.1 Å². The van der Waals surface area contributed by atoms with Crippen molar-refractivity contribution < 1.29 is 28.5 Å². The van der Waals surface area contributed by atoms with Gasteiger partial charge in [0.25, 0.3) is 0 Å². The van der Waals surface area contributed by atoms with E-state index in [4.69, 9.17) is 9.47 Å². The molecule has 1 aromatic carbocycles. The highest BCUT2D eigenvalue weighted by Gasteiger charge is 2.16. The third-order valence-corrected chi connectivity index (χ3v) is 3.51. The average molecular weight is 396 g/mol. The van der Waals surface area contributed by atoms with Crippen molar-refractivity contribution in [3.63, 3.8) is 0 Å². The summed E-state index contributed by atoms with van der Waals surface area (Å²) in [5.74, 6) is -1.37. The first-order valence-corrected chi connectivity index (χ1v) is 8.32. The van der Waals surface area contributed by atoms with Crippen LogP contribution in [-0.4, -0.2) is 39.4 Å². The molecule has 0 saturated heterocycles. The van der Waals surface area contributed by atoms with Crippen molar-refractivity contribution in [3.05, 3.63) is 52.8 Å². The molecule has 0 aliphatic rings. The summed E-state index contributed by atoms with van der Waals surface area (Å²) in [6.45, 7) is 5.51. The molecule has 0 atom stereocenters. The van der Waals surface area contributed by atoms with Crippen LogP contribution in [0.25, 0.3) is 12.2 Å². The van der Waals surface area contributed by atoms with Crippen molar-refractivity contribution in [1.29, 1.82) is 10.5 Å². The van der Waals surface area contributed by atoms with Gasteiger partial charge < -0.3 is 18.9 Å². The molecule has 1 rings (SSSR count). The number of nitrogens with zero attached hydrogens (tertiary/aromatic N) is 2. The monoisotopic (exact) mass is 396 g/mol. The Kier molecular flexibility index (Phi) is 9.22. The van der Waals surface area contributed by atoms with Crippen molar-refractivity contribution in [2.45, 2.75) is 6.92 Å². The molecule has 0 unspecified atom stereocenters. The summed E-state index contributed by atoms with van der Waals surface area (Å²) >= 11 is 0. The minimum Gasteiger partial charge on any atom is -0.498 e.